The van der Waals surface area contributed by atoms with E-state index in [9.17, 15) is 8.42 Å². The second-order valence-corrected chi connectivity index (χ2v) is 5.49. The Morgan fingerprint density at radius 2 is 1.92 bits per heavy atom. The first-order valence-electron chi connectivity index (χ1n) is 4.00. The summed E-state index contributed by atoms with van der Waals surface area (Å²) in [5.41, 5.74) is 5.16. The van der Waals surface area contributed by atoms with E-state index in [2.05, 4.69) is 0 Å². The third-order valence-corrected chi connectivity index (χ3v) is 3.66. The molecule has 0 rings (SSSR count). The van der Waals surface area contributed by atoms with Crippen molar-refractivity contribution in [3.63, 3.8) is 0 Å². The molecule has 0 aliphatic rings. The molecule has 5 heteroatoms. The highest BCUT2D eigenvalue weighted by Crippen LogP contribution is 1.99. The van der Waals surface area contributed by atoms with Crippen LogP contribution in [0.2, 0.25) is 0 Å². The smallest absolute Gasteiger partial charge is 0.154 e. The molecule has 0 aliphatic heterocycles. The summed E-state index contributed by atoms with van der Waals surface area (Å²) in [5.74, 6) is 0.0880. The van der Waals surface area contributed by atoms with E-state index in [1.807, 2.05) is 0 Å². The molecule has 0 aromatic heterocycles. The van der Waals surface area contributed by atoms with Crippen molar-refractivity contribution < 1.29 is 13.2 Å². The van der Waals surface area contributed by atoms with Gasteiger partial charge < -0.3 is 10.5 Å². The number of sulfone groups is 1. The Bertz CT molecular complexity index is 199. The van der Waals surface area contributed by atoms with E-state index >= 15 is 0 Å². The lowest BCUT2D eigenvalue weighted by Crippen LogP contribution is -2.22. The Labute approximate surface area is 74.0 Å². The zero-order valence-corrected chi connectivity index (χ0v) is 8.43. The average Bonchev–Trinajstić information content (AvgIpc) is 1.98. The minimum Gasteiger partial charge on any atom is -0.379 e. The molecule has 74 valence electrons. The monoisotopic (exact) mass is 195 g/mol. The van der Waals surface area contributed by atoms with Gasteiger partial charge in [0.2, 0.25) is 0 Å². The van der Waals surface area contributed by atoms with Crippen molar-refractivity contribution in [1.82, 2.24) is 0 Å². The van der Waals surface area contributed by atoms with E-state index in [1.54, 1.807) is 13.8 Å². The number of ether oxygens (including phenoxy) is 1. The molecule has 0 bridgehead atoms. The molecule has 12 heavy (non-hydrogen) atoms. The van der Waals surface area contributed by atoms with Gasteiger partial charge >= 0.3 is 0 Å². The zero-order chi connectivity index (χ0) is 9.61. The van der Waals surface area contributed by atoms with Gasteiger partial charge in [0.1, 0.15) is 0 Å². The Kier molecular flexibility index (Phi) is 5.44. The largest absolute Gasteiger partial charge is 0.379 e. The quantitative estimate of drug-likeness (QED) is 0.595. The fourth-order valence-electron chi connectivity index (χ4n) is 0.596. The van der Waals surface area contributed by atoms with Crippen LogP contribution in [-0.4, -0.2) is 39.2 Å². The molecule has 0 amide bonds. The molecule has 0 heterocycles. The average molecular weight is 195 g/mol. The summed E-state index contributed by atoms with van der Waals surface area (Å²) in [6.45, 7) is 4.43. The molecule has 0 saturated heterocycles. The standard InChI is InChI=1S/C7H17NO3S/c1-7(2)12(9,10)6-5-11-4-3-8/h7H,3-6,8H2,1-2H3. The van der Waals surface area contributed by atoms with E-state index in [0.29, 0.717) is 13.2 Å². The summed E-state index contributed by atoms with van der Waals surface area (Å²) < 4.78 is 27.3. The van der Waals surface area contributed by atoms with Crippen molar-refractivity contribution in [3.05, 3.63) is 0 Å². The van der Waals surface area contributed by atoms with Gasteiger partial charge in [-0.3, -0.25) is 0 Å². The van der Waals surface area contributed by atoms with E-state index < -0.39 is 9.84 Å². The lowest BCUT2D eigenvalue weighted by Gasteiger charge is -2.07. The van der Waals surface area contributed by atoms with Crippen LogP contribution in [0.15, 0.2) is 0 Å². The molecular weight excluding hydrogens is 178 g/mol. The molecule has 0 aromatic rings. The first kappa shape index (κ1) is 11.9. The first-order chi connectivity index (χ1) is 5.50. The molecule has 0 aliphatic carbocycles. The van der Waals surface area contributed by atoms with Crippen molar-refractivity contribution in [2.24, 2.45) is 5.73 Å². The van der Waals surface area contributed by atoms with Gasteiger partial charge in [0.25, 0.3) is 0 Å². The van der Waals surface area contributed by atoms with Crippen LogP contribution < -0.4 is 5.73 Å². The normalized spacial score (nSPS) is 12.3. The van der Waals surface area contributed by atoms with Crippen LogP contribution in [-0.2, 0) is 14.6 Å². The Morgan fingerprint density at radius 1 is 1.33 bits per heavy atom. The van der Waals surface area contributed by atoms with Crippen molar-refractivity contribution in [2.75, 3.05) is 25.5 Å². The van der Waals surface area contributed by atoms with Gasteiger partial charge in [-0.1, -0.05) is 0 Å². The van der Waals surface area contributed by atoms with E-state index in [4.69, 9.17) is 10.5 Å². The summed E-state index contributed by atoms with van der Waals surface area (Å²) in [4.78, 5) is 0. The molecule has 0 radical (unpaired) electrons. The van der Waals surface area contributed by atoms with E-state index in [0.717, 1.165) is 0 Å². The molecule has 0 unspecified atom stereocenters. The molecule has 4 nitrogen and oxygen atoms in total. The number of hydrogen-bond donors (Lipinski definition) is 1. The summed E-state index contributed by atoms with van der Waals surface area (Å²) in [6.07, 6.45) is 0. The van der Waals surface area contributed by atoms with E-state index in [-0.39, 0.29) is 17.6 Å². The topological polar surface area (TPSA) is 69.4 Å². The predicted octanol–water partition coefficient (Wildman–Crippen LogP) is -0.215. The number of hydrogen-bond acceptors (Lipinski definition) is 4. The van der Waals surface area contributed by atoms with Crippen molar-refractivity contribution >= 4 is 9.84 Å². The Balaban J connectivity index is 3.63. The second kappa shape index (κ2) is 5.50. The van der Waals surface area contributed by atoms with Crippen LogP contribution in [0.25, 0.3) is 0 Å². The van der Waals surface area contributed by atoms with Crippen molar-refractivity contribution in [1.29, 1.82) is 0 Å². The highest BCUT2D eigenvalue weighted by molar-refractivity contribution is 7.91. The van der Waals surface area contributed by atoms with Gasteiger partial charge in [0, 0.05) is 6.54 Å². The van der Waals surface area contributed by atoms with Crippen LogP contribution in [0.1, 0.15) is 13.8 Å². The van der Waals surface area contributed by atoms with Gasteiger partial charge in [-0.2, -0.15) is 0 Å². The predicted molar refractivity (Wildman–Crippen MR) is 48.8 cm³/mol. The van der Waals surface area contributed by atoms with Gasteiger partial charge in [-0.05, 0) is 13.8 Å². The minimum atomic E-state index is -2.94. The highest BCUT2D eigenvalue weighted by Gasteiger charge is 2.14. The third-order valence-electron chi connectivity index (χ3n) is 1.49. The second-order valence-electron chi connectivity index (χ2n) is 2.82. The minimum absolute atomic E-state index is 0.0880. The summed E-state index contributed by atoms with van der Waals surface area (Å²) in [5, 5.41) is -0.320. The van der Waals surface area contributed by atoms with Crippen LogP contribution in [0.3, 0.4) is 0 Å². The van der Waals surface area contributed by atoms with Crippen molar-refractivity contribution in [3.8, 4) is 0 Å². The van der Waals surface area contributed by atoms with Crippen LogP contribution in [0, 0.1) is 0 Å². The SMILES string of the molecule is CC(C)S(=O)(=O)CCOCCN. The number of nitrogens with two attached hydrogens (primary N) is 1. The molecule has 0 atom stereocenters. The third kappa shape index (κ3) is 4.69. The van der Waals surface area contributed by atoms with Crippen LogP contribution >= 0.6 is 0 Å². The molecular formula is C7H17NO3S. The highest BCUT2D eigenvalue weighted by atomic mass is 32.2. The summed E-state index contributed by atoms with van der Waals surface area (Å²) >= 11 is 0. The maximum absolute atomic E-state index is 11.2. The molecule has 0 aromatic carbocycles. The molecule has 0 fully saturated rings. The fraction of sp³-hybridized carbons (Fsp3) is 1.00. The number of rotatable bonds is 6. The first-order valence-corrected chi connectivity index (χ1v) is 5.71. The van der Waals surface area contributed by atoms with Gasteiger partial charge in [-0.15, -0.1) is 0 Å². The lowest BCUT2D eigenvalue weighted by atomic mass is 10.6. The van der Waals surface area contributed by atoms with E-state index in [1.165, 1.54) is 0 Å². The van der Waals surface area contributed by atoms with Gasteiger partial charge in [-0.25, -0.2) is 8.42 Å². The zero-order valence-electron chi connectivity index (χ0n) is 7.62. The van der Waals surface area contributed by atoms with Crippen LogP contribution in [0.4, 0.5) is 0 Å². The summed E-state index contributed by atoms with van der Waals surface area (Å²) in [7, 11) is -2.94. The van der Waals surface area contributed by atoms with Gasteiger partial charge in [0.05, 0.1) is 24.2 Å². The fourth-order valence-corrected chi connectivity index (χ4v) is 1.42. The molecule has 2 N–H and O–H groups in total. The van der Waals surface area contributed by atoms with Crippen LogP contribution in [0.5, 0.6) is 0 Å². The Morgan fingerprint density at radius 3 is 2.33 bits per heavy atom. The maximum Gasteiger partial charge on any atom is 0.154 e. The van der Waals surface area contributed by atoms with Gasteiger partial charge in [0.15, 0.2) is 9.84 Å². The maximum atomic E-state index is 11.2. The molecule has 0 spiro atoms. The Hall–Kier alpha value is -0.130. The molecule has 0 saturated carbocycles. The van der Waals surface area contributed by atoms with Crippen molar-refractivity contribution in [2.45, 2.75) is 19.1 Å². The summed E-state index contributed by atoms with van der Waals surface area (Å²) in [6, 6.07) is 0. The lowest BCUT2D eigenvalue weighted by molar-refractivity contribution is 0.157.